The third kappa shape index (κ3) is 8.87. The summed E-state index contributed by atoms with van der Waals surface area (Å²) in [4.78, 5) is 20.5. The van der Waals surface area contributed by atoms with Crippen molar-refractivity contribution in [3.05, 3.63) is 41.6 Å². The smallest absolute Gasteiger partial charge is 0.222 e. The van der Waals surface area contributed by atoms with Gasteiger partial charge in [0.2, 0.25) is 5.91 Å². The Morgan fingerprint density at radius 3 is 2.27 bits per heavy atom. The van der Waals surface area contributed by atoms with Crippen molar-refractivity contribution in [3.63, 3.8) is 0 Å². The molecular weight excluding hydrogens is 458 g/mol. The highest BCUT2D eigenvalue weighted by atomic mass is 16.2. The van der Waals surface area contributed by atoms with E-state index in [0.717, 1.165) is 69.2 Å². The summed E-state index contributed by atoms with van der Waals surface area (Å²) in [6.07, 6.45) is 10.3. The number of unbranched alkanes of at least 4 members (excludes halogenated alkanes) is 6. The van der Waals surface area contributed by atoms with Crippen LogP contribution in [-0.4, -0.2) is 65.3 Å². The van der Waals surface area contributed by atoms with Crippen molar-refractivity contribution in [2.24, 2.45) is 5.92 Å². The van der Waals surface area contributed by atoms with Gasteiger partial charge in [0, 0.05) is 44.7 Å². The van der Waals surface area contributed by atoms with Crippen LogP contribution in [0.1, 0.15) is 89.8 Å². The van der Waals surface area contributed by atoms with Gasteiger partial charge >= 0.3 is 0 Å². The molecule has 1 saturated heterocycles. The third-order valence-electron chi connectivity index (χ3n) is 7.63. The summed E-state index contributed by atoms with van der Waals surface area (Å²) >= 11 is 0. The molecule has 0 N–H and O–H groups in total. The Morgan fingerprint density at radius 1 is 0.973 bits per heavy atom. The average Bonchev–Trinajstić information content (AvgIpc) is 3.22. The fourth-order valence-electron chi connectivity index (χ4n) is 5.11. The van der Waals surface area contributed by atoms with Gasteiger partial charge in [0.15, 0.2) is 0 Å². The predicted molar refractivity (Wildman–Crippen MR) is 155 cm³/mol. The molecule has 3 rings (SSSR count). The molecule has 1 aliphatic rings. The van der Waals surface area contributed by atoms with Gasteiger partial charge in [-0.25, -0.2) is 4.68 Å². The van der Waals surface area contributed by atoms with Crippen LogP contribution >= 0.6 is 0 Å². The second-order valence-electron chi connectivity index (χ2n) is 11.3. The van der Waals surface area contributed by atoms with Gasteiger partial charge in [0.05, 0.1) is 17.9 Å². The van der Waals surface area contributed by atoms with Gasteiger partial charge in [0.25, 0.3) is 0 Å². The minimum Gasteiger partial charge on any atom is -0.354 e. The molecular formula is C31H51N5O. The van der Waals surface area contributed by atoms with E-state index < -0.39 is 0 Å². The second-order valence-corrected chi connectivity index (χ2v) is 11.3. The lowest BCUT2D eigenvalue weighted by Gasteiger charge is -2.35. The summed E-state index contributed by atoms with van der Waals surface area (Å²) in [7, 11) is 2.19. The standard InChI is InChI=1S/C31H51N5O/c1-6-7-8-9-10-11-15-18-30(37)35(20-19-26(2)3)25-29-27(4)32-36(28-16-13-12-14-17-28)31(29)34-23-21-33(5)22-24-34/h12-14,16-17,26H,6-11,15,18-25H2,1-5H3. The van der Waals surface area contributed by atoms with Crippen LogP contribution in [0.15, 0.2) is 30.3 Å². The normalized spacial score (nSPS) is 14.5. The van der Waals surface area contributed by atoms with E-state index >= 15 is 0 Å². The summed E-state index contributed by atoms with van der Waals surface area (Å²) in [6.45, 7) is 14.3. The van der Waals surface area contributed by atoms with E-state index in [1.807, 2.05) is 6.07 Å². The van der Waals surface area contributed by atoms with E-state index in [1.54, 1.807) is 0 Å². The highest BCUT2D eigenvalue weighted by molar-refractivity contribution is 5.76. The maximum atomic E-state index is 13.5. The first-order valence-electron chi connectivity index (χ1n) is 14.8. The third-order valence-corrected chi connectivity index (χ3v) is 7.63. The molecule has 2 aromatic rings. The summed E-state index contributed by atoms with van der Waals surface area (Å²) in [5.74, 6) is 2.03. The molecule has 1 aromatic carbocycles. The van der Waals surface area contributed by atoms with Crippen molar-refractivity contribution < 1.29 is 4.79 Å². The minimum atomic E-state index is 0.297. The van der Waals surface area contributed by atoms with Gasteiger partial charge in [-0.05, 0) is 44.9 Å². The Labute approximate surface area is 226 Å². The number of aryl methyl sites for hydroxylation is 1. The fraction of sp³-hybridized carbons (Fsp3) is 0.677. The van der Waals surface area contributed by atoms with Crippen LogP contribution in [-0.2, 0) is 11.3 Å². The molecule has 0 atom stereocenters. The first kappa shape index (κ1) is 29.2. The van der Waals surface area contributed by atoms with Crippen LogP contribution in [0.25, 0.3) is 5.69 Å². The number of carbonyl (C=O) groups excluding carboxylic acids is 1. The topological polar surface area (TPSA) is 44.6 Å². The second kappa shape index (κ2) is 15.2. The molecule has 0 unspecified atom stereocenters. The molecule has 0 aliphatic carbocycles. The van der Waals surface area contributed by atoms with Crippen LogP contribution in [0.5, 0.6) is 0 Å². The van der Waals surface area contributed by atoms with Crippen molar-refractivity contribution in [2.45, 2.75) is 92.0 Å². The van der Waals surface area contributed by atoms with E-state index in [-0.39, 0.29) is 0 Å². The Hall–Kier alpha value is -2.34. The zero-order valence-corrected chi connectivity index (χ0v) is 24.2. The Balaban J connectivity index is 1.79. The van der Waals surface area contributed by atoms with E-state index in [1.165, 1.54) is 37.7 Å². The molecule has 0 spiro atoms. The molecule has 2 heterocycles. The largest absolute Gasteiger partial charge is 0.354 e. The van der Waals surface area contributed by atoms with Gasteiger partial charge in [-0.1, -0.05) is 77.5 Å². The van der Waals surface area contributed by atoms with Crippen molar-refractivity contribution >= 4 is 11.7 Å². The van der Waals surface area contributed by atoms with Gasteiger partial charge in [0.1, 0.15) is 5.82 Å². The molecule has 1 aromatic heterocycles. The van der Waals surface area contributed by atoms with Crippen molar-refractivity contribution in [1.82, 2.24) is 19.6 Å². The lowest BCUT2D eigenvalue weighted by Crippen LogP contribution is -2.45. The number of carbonyl (C=O) groups is 1. The summed E-state index contributed by atoms with van der Waals surface area (Å²) in [5, 5.41) is 5.02. The van der Waals surface area contributed by atoms with E-state index in [4.69, 9.17) is 5.10 Å². The summed E-state index contributed by atoms with van der Waals surface area (Å²) < 4.78 is 2.11. The minimum absolute atomic E-state index is 0.297. The van der Waals surface area contributed by atoms with E-state index in [9.17, 15) is 4.79 Å². The number of aromatic nitrogens is 2. The number of nitrogens with zero attached hydrogens (tertiary/aromatic N) is 5. The number of amides is 1. The van der Waals surface area contributed by atoms with Crippen LogP contribution in [0, 0.1) is 12.8 Å². The zero-order valence-electron chi connectivity index (χ0n) is 24.2. The van der Waals surface area contributed by atoms with E-state index in [0.29, 0.717) is 24.8 Å². The number of piperazine rings is 1. The highest BCUT2D eigenvalue weighted by Gasteiger charge is 2.27. The number of anilines is 1. The number of hydrogen-bond donors (Lipinski definition) is 0. The lowest BCUT2D eigenvalue weighted by molar-refractivity contribution is -0.132. The highest BCUT2D eigenvalue weighted by Crippen LogP contribution is 2.30. The molecule has 0 saturated carbocycles. The molecule has 0 bridgehead atoms. The van der Waals surface area contributed by atoms with Gasteiger partial charge in [-0.15, -0.1) is 0 Å². The van der Waals surface area contributed by atoms with Crippen molar-refractivity contribution in [1.29, 1.82) is 0 Å². The molecule has 206 valence electrons. The van der Waals surface area contributed by atoms with Crippen LogP contribution in [0.3, 0.4) is 0 Å². The first-order chi connectivity index (χ1) is 17.9. The Morgan fingerprint density at radius 2 is 1.62 bits per heavy atom. The predicted octanol–water partition coefficient (Wildman–Crippen LogP) is 6.45. The molecule has 6 nitrogen and oxygen atoms in total. The van der Waals surface area contributed by atoms with Crippen molar-refractivity contribution in [2.75, 3.05) is 44.7 Å². The lowest BCUT2D eigenvalue weighted by atomic mass is 10.1. The maximum Gasteiger partial charge on any atom is 0.222 e. The SMILES string of the molecule is CCCCCCCCCC(=O)N(CCC(C)C)Cc1c(C)nn(-c2ccccc2)c1N1CCN(C)CC1. The van der Waals surface area contributed by atoms with Crippen LogP contribution < -0.4 is 4.90 Å². The number of rotatable bonds is 15. The number of hydrogen-bond acceptors (Lipinski definition) is 4. The number of benzene rings is 1. The maximum absolute atomic E-state index is 13.5. The number of para-hydroxylation sites is 1. The fourth-order valence-corrected chi connectivity index (χ4v) is 5.11. The van der Waals surface area contributed by atoms with Gasteiger partial charge in [-0.2, -0.15) is 5.10 Å². The average molecular weight is 510 g/mol. The quantitative estimate of drug-likeness (QED) is 0.259. The van der Waals surface area contributed by atoms with Crippen LogP contribution in [0.2, 0.25) is 0 Å². The zero-order chi connectivity index (χ0) is 26.6. The van der Waals surface area contributed by atoms with Gasteiger partial charge < -0.3 is 14.7 Å². The number of likely N-dealkylation sites (N-methyl/N-ethyl adjacent to an activating group) is 1. The van der Waals surface area contributed by atoms with Crippen LogP contribution in [0.4, 0.5) is 5.82 Å². The molecule has 6 heteroatoms. The summed E-state index contributed by atoms with van der Waals surface area (Å²) in [6, 6.07) is 10.4. The van der Waals surface area contributed by atoms with Gasteiger partial charge in [-0.3, -0.25) is 4.79 Å². The van der Waals surface area contributed by atoms with Crippen molar-refractivity contribution in [3.8, 4) is 5.69 Å². The Kier molecular flexibility index (Phi) is 12.0. The summed E-state index contributed by atoms with van der Waals surface area (Å²) in [5.41, 5.74) is 3.30. The molecule has 1 aliphatic heterocycles. The van der Waals surface area contributed by atoms with E-state index in [2.05, 4.69) is 78.4 Å². The Bertz CT molecular complexity index is 931. The first-order valence-corrected chi connectivity index (χ1v) is 14.8. The molecule has 37 heavy (non-hydrogen) atoms. The molecule has 0 radical (unpaired) electrons. The monoisotopic (exact) mass is 509 g/mol. The molecule has 1 amide bonds. The molecule has 1 fully saturated rings.